The van der Waals surface area contributed by atoms with Crippen molar-refractivity contribution in [2.24, 2.45) is 0 Å². The Morgan fingerprint density at radius 1 is 1.30 bits per heavy atom. The third-order valence-corrected chi connectivity index (χ3v) is 5.52. The molecule has 3 rings (SSSR count). The van der Waals surface area contributed by atoms with Crippen LogP contribution >= 0.6 is 22.7 Å². The van der Waals surface area contributed by atoms with E-state index in [1.54, 1.807) is 17.5 Å². The molecule has 0 radical (unpaired) electrons. The van der Waals surface area contributed by atoms with Gasteiger partial charge in [0.15, 0.2) is 0 Å². The Labute approximate surface area is 143 Å². The van der Waals surface area contributed by atoms with Gasteiger partial charge in [0.05, 0.1) is 11.1 Å². The first-order valence-corrected chi connectivity index (χ1v) is 8.99. The van der Waals surface area contributed by atoms with Gasteiger partial charge in [-0.25, -0.2) is 4.98 Å². The highest BCUT2D eigenvalue weighted by atomic mass is 32.1. The number of hydrogen-bond donors (Lipinski definition) is 1. The molecule has 1 N–H and O–H groups in total. The van der Waals surface area contributed by atoms with E-state index in [0.29, 0.717) is 4.88 Å². The summed E-state index contributed by atoms with van der Waals surface area (Å²) >= 11 is 3.03. The fourth-order valence-electron chi connectivity index (χ4n) is 2.09. The Bertz CT molecular complexity index is 796. The maximum absolute atomic E-state index is 12.4. The Hall–Kier alpha value is -2.18. The molecule has 0 saturated carbocycles. The smallest absolute Gasteiger partial charge is 0.267 e. The van der Waals surface area contributed by atoms with Crippen LogP contribution in [-0.4, -0.2) is 24.5 Å². The number of thiophene rings is 1. The molecule has 0 aliphatic heterocycles. The lowest BCUT2D eigenvalue weighted by Crippen LogP contribution is -2.16. The van der Waals surface area contributed by atoms with Crippen LogP contribution in [0.5, 0.6) is 0 Å². The van der Waals surface area contributed by atoms with Crippen LogP contribution in [0.3, 0.4) is 0 Å². The minimum atomic E-state index is -0.124. The summed E-state index contributed by atoms with van der Waals surface area (Å²) in [5.41, 5.74) is 1.87. The zero-order valence-electron chi connectivity index (χ0n) is 12.9. The summed E-state index contributed by atoms with van der Waals surface area (Å²) in [6, 6.07) is 11.8. The minimum absolute atomic E-state index is 0.124. The van der Waals surface area contributed by atoms with Gasteiger partial charge in [0.1, 0.15) is 9.88 Å². The SMILES string of the molecule is CCN(C)c1cccc(NC(=O)c2cnc(-c3cccs3)s2)c1. The molecule has 0 atom stereocenters. The standard InChI is InChI=1S/C17H17N3OS2/c1-3-20(2)13-7-4-6-12(10-13)19-16(21)15-11-18-17(23-15)14-8-5-9-22-14/h4-11H,3H2,1-2H3,(H,19,21). The molecule has 6 heteroatoms. The summed E-state index contributed by atoms with van der Waals surface area (Å²) in [4.78, 5) is 20.6. The number of benzene rings is 1. The average Bonchev–Trinajstić information content (AvgIpc) is 3.25. The van der Waals surface area contributed by atoms with E-state index in [2.05, 4.69) is 22.1 Å². The molecule has 0 spiro atoms. The van der Waals surface area contributed by atoms with Gasteiger partial charge >= 0.3 is 0 Å². The van der Waals surface area contributed by atoms with Gasteiger partial charge in [-0.15, -0.1) is 22.7 Å². The van der Waals surface area contributed by atoms with Crippen LogP contribution in [0.2, 0.25) is 0 Å². The third kappa shape index (κ3) is 3.60. The second-order valence-electron chi connectivity index (χ2n) is 5.03. The number of nitrogens with zero attached hydrogens (tertiary/aromatic N) is 2. The van der Waals surface area contributed by atoms with E-state index < -0.39 is 0 Å². The summed E-state index contributed by atoms with van der Waals surface area (Å²) in [7, 11) is 2.03. The van der Waals surface area contributed by atoms with Crippen molar-refractivity contribution in [3.05, 3.63) is 52.9 Å². The van der Waals surface area contributed by atoms with Crippen LogP contribution in [0.1, 0.15) is 16.6 Å². The Morgan fingerprint density at radius 3 is 2.91 bits per heavy atom. The van der Waals surface area contributed by atoms with Crippen molar-refractivity contribution in [1.82, 2.24) is 4.98 Å². The van der Waals surface area contributed by atoms with E-state index in [4.69, 9.17) is 0 Å². The molecule has 1 amide bonds. The molecule has 3 aromatic rings. The number of anilines is 2. The lowest BCUT2D eigenvalue weighted by atomic mass is 10.2. The lowest BCUT2D eigenvalue weighted by molar-refractivity contribution is 0.103. The fourth-order valence-corrected chi connectivity index (χ4v) is 3.70. The maximum atomic E-state index is 12.4. The van der Waals surface area contributed by atoms with Crippen molar-refractivity contribution in [2.45, 2.75) is 6.92 Å². The topological polar surface area (TPSA) is 45.2 Å². The summed E-state index contributed by atoms with van der Waals surface area (Å²) in [5, 5.41) is 5.83. The van der Waals surface area contributed by atoms with Gasteiger partial charge in [0.25, 0.3) is 5.91 Å². The molecule has 2 aromatic heterocycles. The maximum Gasteiger partial charge on any atom is 0.267 e. The van der Waals surface area contributed by atoms with Gasteiger partial charge in [0.2, 0.25) is 0 Å². The van der Waals surface area contributed by atoms with Gasteiger partial charge in [-0.1, -0.05) is 12.1 Å². The number of carbonyl (C=O) groups excluding carboxylic acids is 1. The molecular weight excluding hydrogens is 326 g/mol. The zero-order valence-corrected chi connectivity index (χ0v) is 14.6. The fraction of sp³-hybridized carbons (Fsp3) is 0.176. The van der Waals surface area contributed by atoms with E-state index in [9.17, 15) is 4.79 Å². The molecule has 1 aromatic carbocycles. The van der Waals surface area contributed by atoms with Crippen LogP contribution in [0, 0.1) is 0 Å². The second-order valence-corrected chi connectivity index (χ2v) is 7.00. The molecule has 0 unspecified atom stereocenters. The highest BCUT2D eigenvalue weighted by molar-refractivity contribution is 7.22. The number of hydrogen-bond acceptors (Lipinski definition) is 5. The van der Waals surface area contributed by atoms with E-state index in [1.165, 1.54) is 11.3 Å². The predicted octanol–water partition coefficient (Wildman–Crippen LogP) is 4.58. The highest BCUT2D eigenvalue weighted by Crippen LogP contribution is 2.29. The average molecular weight is 343 g/mol. The van der Waals surface area contributed by atoms with Crippen molar-refractivity contribution in [3.63, 3.8) is 0 Å². The molecular formula is C17H17N3OS2. The largest absolute Gasteiger partial charge is 0.375 e. The molecule has 23 heavy (non-hydrogen) atoms. The molecule has 0 bridgehead atoms. The van der Waals surface area contributed by atoms with Crippen molar-refractivity contribution >= 4 is 40.0 Å². The van der Waals surface area contributed by atoms with Crippen molar-refractivity contribution in [2.75, 3.05) is 23.8 Å². The van der Waals surface area contributed by atoms with Crippen molar-refractivity contribution in [3.8, 4) is 9.88 Å². The monoisotopic (exact) mass is 343 g/mol. The summed E-state index contributed by atoms with van der Waals surface area (Å²) in [6.07, 6.45) is 1.64. The van der Waals surface area contributed by atoms with Crippen LogP contribution in [0.4, 0.5) is 11.4 Å². The predicted molar refractivity (Wildman–Crippen MR) is 98.8 cm³/mol. The van der Waals surface area contributed by atoms with Crippen LogP contribution in [0.15, 0.2) is 48.0 Å². The van der Waals surface area contributed by atoms with Gasteiger partial charge in [-0.3, -0.25) is 4.79 Å². The van der Waals surface area contributed by atoms with Crippen LogP contribution in [0.25, 0.3) is 9.88 Å². The Balaban J connectivity index is 1.74. The third-order valence-electron chi connectivity index (χ3n) is 3.48. The highest BCUT2D eigenvalue weighted by Gasteiger charge is 2.13. The van der Waals surface area contributed by atoms with Crippen molar-refractivity contribution in [1.29, 1.82) is 0 Å². The quantitative estimate of drug-likeness (QED) is 0.737. The van der Waals surface area contributed by atoms with Crippen LogP contribution < -0.4 is 10.2 Å². The molecule has 0 saturated heterocycles. The molecule has 118 valence electrons. The van der Waals surface area contributed by atoms with Crippen molar-refractivity contribution < 1.29 is 4.79 Å². The number of nitrogens with one attached hydrogen (secondary N) is 1. The lowest BCUT2D eigenvalue weighted by Gasteiger charge is -2.17. The van der Waals surface area contributed by atoms with E-state index in [1.807, 2.05) is 48.8 Å². The molecule has 0 aliphatic rings. The first-order chi connectivity index (χ1) is 11.2. The van der Waals surface area contributed by atoms with Gasteiger partial charge in [-0.05, 0) is 36.6 Å². The number of amides is 1. The number of aromatic nitrogens is 1. The van der Waals surface area contributed by atoms with Gasteiger partial charge in [0, 0.05) is 25.0 Å². The number of thiazole rings is 1. The molecule has 0 fully saturated rings. The summed E-state index contributed by atoms with van der Waals surface area (Å²) < 4.78 is 0. The number of rotatable bonds is 5. The molecule has 0 aliphatic carbocycles. The molecule has 4 nitrogen and oxygen atoms in total. The van der Waals surface area contributed by atoms with Crippen LogP contribution in [-0.2, 0) is 0 Å². The summed E-state index contributed by atoms with van der Waals surface area (Å²) in [6.45, 7) is 3.01. The van der Waals surface area contributed by atoms with Gasteiger partial charge < -0.3 is 10.2 Å². The van der Waals surface area contributed by atoms with Gasteiger partial charge in [-0.2, -0.15) is 0 Å². The number of carbonyl (C=O) groups is 1. The minimum Gasteiger partial charge on any atom is -0.375 e. The Kier molecular flexibility index (Phi) is 4.73. The first kappa shape index (κ1) is 15.7. The Morgan fingerprint density at radius 2 is 2.17 bits per heavy atom. The van der Waals surface area contributed by atoms with E-state index in [0.717, 1.165) is 27.8 Å². The summed E-state index contributed by atoms with van der Waals surface area (Å²) in [5.74, 6) is -0.124. The van der Waals surface area contributed by atoms with E-state index in [-0.39, 0.29) is 5.91 Å². The first-order valence-electron chi connectivity index (χ1n) is 7.29. The second kappa shape index (κ2) is 6.93. The zero-order chi connectivity index (χ0) is 16.2. The normalized spacial score (nSPS) is 10.5. The van der Waals surface area contributed by atoms with E-state index >= 15 is 0 Å². The molecule has 2 heterocycles.